The Morgan fingerprint density at radius 3 is 1.70 bits per heavy atom. The van der Waals surface area contributed by atoms with Crippen molar-refractivity contribution in [3.8, 4) is 11.3 Å². The van der Waals surface area contributed by atoms with Crippen molar-refractivity contribution in [1.29, 1.82) is 0 Å². The maximum atomic E-state index is 13.1. The van der Waals surface area contributed by atoms with Crippen molar-refractivity contribution in [2.75, 3.05) is 23.7 Å². The molecule has 0 fully saturated rings. The third kappa shape index (κ3) is 6.71. The van der Waals surface area contributed by atoms with Gasteiger partial charge in [0, 0.05) is 16.9 Å². The van der Waals surface area contributed by atoms with Gasteiger partial charge in [0.05, 0.1) is 25.8 Å². The maximum Gasteiger partial charge on any atom is 0.238 e. The number of anilines is 2. The molecule has 1 heterocycles. The Balaban J connectivity index is 1.51. The number of hydrogen-bond acceptors (Lipinski definition) is 5. The van der Waals surface area contributed by atoms with Crippen LogP contribution in [0.5, 0.6) is 0 Å². The number of nitrogens with one attached hydrogen (secondary N) is 2. The molecule has 0 aliphatic rings. The number of carbonyl (C=O) groups is 2. The van der Waals surface area contributed by atoms with Crippen LogP contribution in [0, 0.1) is 27.7 Å². The summed E-state index contributed by atoms with van der Waals surface area (Å²) in [7, 11) is 0. The Labute approximate surface area is 217 Å². The molecule has 2 N–H and O–H groups in total. The minimum absolute atomic E-state index is 0.00298. The molecule has 0 saturated heterocycles. The highest BCUT2D eigenvalue weighted by Crippen LogP contribution is 2.22. The summed E-state index contributed by atoms with van der Waals surface area (Å²) in [5.74, 6) is 0.633. The molecule has 1 aromatic heterocycles. The van der Waals surface area contributed by atoms with E-state index in [2.05, 4.69) is 15.6 Å². The lowest BCUT2D eigenvalue weighted by Gasteiger charge is -2.21. The first-order valence-corrected chi connectivity index (χ1v) is 12.2. The van der Waals surface area contributed by atoms with E-state index in [1.165, 1.54) is 0 Å². The monoisotopic (exact) mass is 496 g/mol. The minimum Gasteiger partial charge on any atom is -0.439 e. The first-order valence-electron chi connectivity index (χ1n) is 12.2. The lowest BCUT2D eigenvalue weighted by molar-refractivity contribution is -0.120. The predicted octanol–water partition coefficient (Wildman–Crippen LogP) is 5.65. The Kier molecular flexibility index (Phi) is 8.15. The lowest BCUT2D eigenvalue weighted by Crippen LogP contribution is -2.38. The van der Waals surface area contributed by atoms with Crippen molar-refractivity contribution >= 4 is 23.2 Å². The van der Waals surface area contributed by atoms with Gasteiger partial charge in [-0.05, 0) is 49.9 Å². The van der Waals surface area contributed by atoms with Crippen molar-refractivity contribution in [1.82, 2.24) is 9.88 Å². The average molecular weight is 497 g/mol. The fraction of sp³-hybridized carbons (Fsp3) is 0.233. The summed E-state index contributed by atoms with van der Waals surface area (Å²) in [6.07, 6.45) is 1.66. The summed E-state index contributed by atoms with van der Waals surface area (Å²) >= 11 is 0. The van der Waals surface area contributed by atoms with Crippen molar-refractivity contribution in [3.63, 3.8) is 0 Å². The molecule has 0 saturated carbocycles. The zero-order valence-electron chi connectivity index (χ0n) is 21.7. The third-order valence-corrected chi connectivity index (χ3v) is 6.20. The summed E-state index contributed by atoms with van der Waals surface area (Å²) in [6.45, 7) is 8.01. The van der Waals surface area contributed by atoms with Crippen molar-refractivity contribution in [3.05, 3.63) is 101 Å². The number of aryl methyl sites for hydroxylation is 4. The Morgan fingerprint density at radius 2 is 1.22 bits per heavy atom. The standard InChI is InChI=1S/C30H32N4O3/c1-20-10-8-11-21(2)29(20)32-26(35)17-34(18-27(36)33-30-22(3)12-9-13-23(30)4)19-28-31-16-25(37-28)24-14-6-5-7-15-24/h5-16H,17-19H2,1-4H3,(H,32,35)(H,33,36). The van der Waals surface area contributed by atoms with E-state index in [0.717, 1.165) is 39.2 Å². The molecule has 0 atom stereocenters. The van der Waals surface area contributed by atoms with E-state index < -0.39 is 0 Å². The molecule has 4 rings (SSSR count). The van der Waals surface area contributed by atoms with E-state index in [9.17, 15) is 9.59 Å². The predicted molar refractivity (Wildman–Crippen MR) is 146 cm³/mol. The number of para-hydroxylation sites is 2. The molecular weight excluding hydrogens is 464 g/mol. The van der Waals surface area contributed by atoms with Gasteiger partial charge in [-0.15, -0.1) is 0 Å². The molecule has 4 aromatic rings. The zero-order chi connectivity index (χ0) is 26.4. The van der Waals surface area contributed by atoms with Crippen LogP contribution < -0.4 is 10.6 Å². The minimum atomic E-state index is -0.216. The van der Waals surface area contributed by atoms with Crippen molar-refractivity contribution in [2.24, 2.45) is 0 Å². The van der Waals surface area contributed by atoms with Gasteiger partial charge in [-0.1, -0.05) is 66.7 Å². The van der Waals surface area contributed by atoms with E-state index in [-0.39, 0.29) is 31.4 Å². The molecule has 37 heavy (non-hydrogen) atoms. The molecule has 0 aliphatic heterocycles. The molecule has 2 amide bonds. The first kappa shape index (κ1) is 25.9. The van der Waals surface area contributed by atoms with Gasteiger partial charge >= 0.3 is 0 Å². The van der Waals surface area contributed by atoms with Crippen molar-refractivity contribution < 1.29 is 14.0 Å². The SMILES string of the molecule is Cc1cccc(C)c1NC(=O)CN(CC(=O)Nc1c(C)cccc1C)Cc1ncc(-c2ccccc2)o1. The van der Waals surface area contributed by atoms with Crippen LogP contribution in [-0.4, -0.2) is 34.8 Å². The van der Waals surface area contributed by atoms with Gasteiger partial charge in [0.25, 0.3) is 0 Å². The van der Waals surface area contributed by atoms with Gasteiger partial charge in [-0.2, -0.15) is 0 Å². The highest BCUT2D eigenvalue weighted by molar-refractivity contribution is 5.96. The summed E-state index contributed by atoms with van der Waals surface area (Å²) < 4.78 is 5.96. The largest absolute Gasteiger partial charge is 0.439 e. The highest BCUT2D eigenvalue weighted by atomic mass is 16.4. The average Bonchev–Trinajstić information content (AvgIpc) is 3.33. The summed E-state index contributed by atoms with van der Waals surface area (Å²) in [6, 6.07) is 21.4. The van der Waals surface area contributed by atoms with Crippen LogP contribution in [0.3, 0.4) is 0 Å². The molecule has 7 nitrogen and oxygen atoms in total. The molecule has 0 spiro atoms. The quantitative estimate of drug-likeness (QED) is 0.312. The van der Waals surface area contributed by atoms with Crippen LogP contribution in [0.2, 0.25) is 0 Å². The van der Waals surface area contributed by atoms with Gasteiger partial charge in [-0.25, -0.2) is 4.98 Å². The van der Waals surface area contributed by atoms with E-state index >= 15 is 0 Å². The van der Waals surface area contributed by atoms with Crippen LogP contribution >= 0.6 is 0 Å². The number of oxazole rings is 1. The van der Waals surface area contributed by atoms with Gasteiger partial charge < -0.3 is 15.1 Å². The van der Waals surface area contributed by atoms with E-state index in [4.69, 9.17) is 4.42 Å². The van der Waals surface area contributed by atoms with Crippen LogP contribution in [0.15, 0.2) is 77.3 Å². The number of carbonyl (C=O) groups excluding carboxylic acids is 2. The number of rotatable bonds is 9. The highest BCUT2D eigenvalue weighted by Gasteiger charge is 2.20. The Morgan fingerprint density at radius 1 is 0.730 bits per heavy atom. The van der Waals surface area contributed by atoms with Gasteiger partial charge in [0.1, 0.15) is 0 Å². The summed E-state index contributed by atoms with van der Waals surface area (Å²) in [4.78, 5) is 32.2. The second-order valence-corrected chi connectivity index (χ2v) is 9.26. The van der Waals surface area contributed by atoms with Gasteiger partial charge in [-0.3, -0.25) is 14.5 Å². The number of amides is 2. The van der Waals surface area contributed by atoms with Crippen LogP contribution in [0.25, 0.3) is 11.3 Å². The normalized spacial score (nSPS) is 10.9. The topological polar surface area (TPSA) is 87.5 Å². The molecule has 0 radical (unpaired) electrons. The van der Waals surface area contributed by atoms with E-state index in [1.807, 2.05) is 94.4 Å². The smallest absolute Gasteiger partial charge is 0.238 e. The van der Waals surface area contributed by atoms with Gasteiger partial charge in [0.15, 0.2) is 5.76 Å². The van der Waals surface area contributed by atoms with Crippen LogP contribution in [0.1, 0.15) is 28.1 Å². The van der Waals surface area contributed by atoms with Crippen molar-refractivity contribution in [2.45, 2.75) is 34.2 Å². The third-order valence-electron chi connectivity index (χ3n) is 6.20. The number of hydrogen-bond donors (Lipinski definition) is 2. The second-order valence-electron chi connectivity index (χ2n) is 9.26. The van der Waals surface area contributed by atoms with E-state index in [1.54, 1.807) is 11.1 Å². The number of aromatic nitrogens is 1. The molecule has 3 aromatic carbocycles. The Hall–Kier alpha value is -4.23. The lowest BCUT2D eigenvalue weighted by atomic mass is 10.1. The maximum absolute atomic E-state index is 13.1. The zero-order valence-corrected chi connectivity index (χ0v) is 21.7. The molecule has 7 heteroatoms. The number of nitrogens with zero attached hydrogens (tertiary/aromatic N) is 2. The first-order chi connectivity index (χ1) is 17.8. The van der Waals surface area contributed by atoms with E-state index in [0.29, 0.717) is 11.7 Å². The van der Waals surface area contributed by atoms with Gasteiger partial charge in [0.2, 0.25) is 17.7 Å². The van der Waals surface area contributed by atoms with Crippen LogP contribution in [0.4, 0.5) is 11.4 Å². The number of benzene rings is 3. The molecule has 190 valence electrons. The fourth-order valence-electron chi connectivity index (χ4n) is 4.27. The molecule has 0 bridgehead atoms. The second kappa shape index (κ2) is 11.7. The molecule has 0 aliphatic carbocycles. The van der Waals surface area contributed by atoms with Crippen LogP contribution in [-0.2, 0) is 16.1 Å². The summed E-state index contributed by atoms with van der Waals surface area (Å²) in [5, 5.41) is 6.01. The Bertz CT molecular complexity index is 1290. The summed E-state index contributed by atoms with van der Waals surface area (Å²) in [5.41, 5.74) is 6.40. The molecule has 0 unspecified atom stereocenters. The fourth-order valence-corrected chi connectivity index (χ4v) is 4.27. The molecular formula is C30H32N4O3.